The van der Waals surface area contributed by atoms with Crippen LogP contribution in [-0.2, 0) is 11.0 Å². The molecule has 0 aliphatic rings. The van der Waals surface area contributed by atoms with E-state index >= 15 is 0 Å². The van der Waals surface area contributed by atoms with E-state index in [0.29, 0.717) is 6.42 Å². The predicted octanol–water partition coefficient (Wildman–Crippen LogP) is 4.81. The first-order valence-electron chi connectivity index (χ1n) is 7.35. The molecule has 4 nitrogen and oxygen atoms in total. The summed E-state index contributed by atoms with van der Waals surface area (Å²) in [5.41, 5.74) is -2.32. The van der Waals surface area contributed by atoms with Crippen LogP contribution in [0.4, 0.5) is 18.9 Å². The van der Waals surface area contributed by atoms with Crippen molar-refractivity contribution >= 4 is 11.6 Å². The molecule has 0 bridgehead atoms. The average Bonchev–Trinajstić information content (AvgIpc) is 2.47. The lowest BCUT2D eigenvalue weighted by molar-refractivity contribution is -0.137. The van der Waals surface area contributed by atoms with Crippen LogP contribution in [0.3, 0.4) is 0 Å². The highest BCUT2D eigenvalue weighted by Gasteiger charge is 2.31. The molecule has 0 fully saturated rings. The molecule has 0 spiro atoms. The molecule has 1 aromatic carbocycles. The standard InChI is InChI=1S/C17H19F3N2O2/c1-4-8-16(2,3)14(23)13(10-21)15(24)22-12-7-5-6-11(9-12)17(18,19)20/h5-7,9,23H,4,8H2,1-3H3,(H,22,24)/b14-13-. The first-order valence-corrected chi connectivity index (χ1v) is 7.35. The Kier molecular flexibility index (Phi) is 6.02. The Morgan fingerprint density at radius 1 is 1.33 bits per heavy atom. The van der Waals surface area contributed by atoms with Gasteiger partial charge in [0.15, 0.2) is 5.57 Å². The average molecular weight is 340 g/mol. The molecule has 0 aliphatic carbocycles. The van der Waals surface area contributed by atoms with Gasteiger partial charge in [-0.1, -0.05) is 33.3 Å². The minimum absolute atomic E-state index is 0.108. The van der Waals surface area contributed by atoms with Gasteiger partial charge in [-0.3, -0.25) is 4.79 Å². The number of benzene rings is 1. The normalized spacial score (nSPS) is 13.0. The van der Waals surface area contributed by atoms with Crippen LogP contribution in [0.2, 0.25) is 0 Å². The largest absolute Gasteiger partial charge is 0.510 e. The maximum Gasteiger partial charge on any atom is 0.416 e. The second-order valence-corrected chi connectivity index (χ2v) is 6.00. The summed E-state index contributed by atoms with van der Waals surface area (Å²) < 4.78 is 38.1. The number of alkyl halides is 3. The molecule has 0 saturated heterocycles. The number of nitrogens with zero attached hydrogens (tertiary/aromatic N) is 1. The van der Waals surface area contributed by atoms with Crippen molar-refractivity contribution in [2.45, 2.75) is 39.8 Å². The summed E-state index contributed by atoms with van der Waals surface area (Å²) in [5.74, 6) is -1.32. The number of carbonyl (C=O) groups is 1. The second kappa shape index (κ2) is 7.39. The van der Waals surface area contributed by atoms with Crippen molar-refractivity contribution in [2.75, 3.05) is 5.32 Å². The number of anilines is 1. The van der Waals surface area contributed by atoms with Gasteiger partial charge in [0.1, 0.15) is 11.8 Å². The number of nitriles is 1. The third-order valence-corrected chi connectivity index (χ3v) is 3.54. The zero-order valence-corrected chi connectivity index (χ0v) is 13.7. The lowest BCUT2D eigenvalue weighted by atomic mass is 9.83. The molecule has 1 rings (SSSR count). The number of allylic oxidation sites excluding steroid dienone is 1. The SMILES string of the molecule is CCCC(C)(C)/C(O)=C(\C#N)C(=O)Nc1cccc(C(F)(F)F)c1. The highest BCUT2D eigenvalue weighted by atomic mass is 19.4. The zero-order chi connectivity index (χ0) is 18.5. The molecular weight excluding hydrogens is 321 g/mol. The number of nitrogens with one attached hydrogen (secondary N) is 1. The third-order valence-electron chi connectivity index (χ3n) is 3.54. The Labute approximate surface area is 138 Å². The lowest BCUT2D eigenvalue weighted by Gasteiger charge is -2.24. The predicted molar refractivity (Wildman–Crippen MR) is 84.0 cm³/mol. The van der Waals surface area contributed by atoms with Gasteiger partial charge in [0.2, 0.25) is 0 Å². The van der Waals surface area contributed by atoms with Gasteiger partial charge in [0.25, 0.3) is 5.91 Å². The number of aliphatic hydroxyl groups is 1. The minimum Gasteiger partial charge on any atom is -0.510 e. The molecule has 7 heteroatoms. The van der Waals surface area contributed by atoms with Crippen molar-refractivity contribution in [3.05, 3.63) is 41.2 Å². The van der Waals surface area contributed by atoms with Crippen LogP contribution in [0, 0.1) is 16.7 Å². The van der Waals surface area contributed by atoms with E-state index in [9.17, 15) is 23.1 Å². The van der Waals surface area contributed by atoms with Gasteiger partial charge in [0.05, 0.1) is 5.56 Å². The summed E-state index contributed by atoms with van der Waals surface area (Å²) in [7, 11) is 0. The number of amides is 1. The molecule has 24 heavy (non-hydrogen) atoms. The Morgan fingerprint density at radius 3 is 2.46 bits per heavy atom. The van der Waals surface area contributed by atoms with Crippen molar-refractivity contribution in [1.82, 2.24) is 0 Å². The molecule has 1 amide bonds. The summed E-state index contributed by atoms with van der Waals surface area (Å²) >= 11 is 0. The van der Waals surface area contributed by atoms with E-state index in [1.165, 1.54) is 6.07 Å². The molecule has 0 aliphatic heterocycles. The van der Waals surface area contributed by atoms with Crippen LogP contribution in [0.5, 0.6) is 0 Å². The first-order chi connectivity index (χ1) is 11.0. The van der Waals surface area contributed by atoms with E-state index in [4.69, 9.17) is 5.26 Å². The third kappa shape index (κ3) is 4.75. The van der Waals surface area contributed by atoms with Crippen molar-refractivity contribution in [2.24, 2.45) is 5.41 Å². The summed E-state index contributed by atoms with van der Waals surface area (Å²) in [4.78, 5) is 12.2. The zero-order valence-electron chi connectivity index (χ0n) is 13.7. The van der Waals surface area contributed by atoms with Crippen molar-refractivity contribution in [1.29, 1.82) is 5.26 Å². The molecule has 1 aromatic rings. The highest BCUT2D eigenvalue weighted by Crippen LogP contribution is 2.33. The summed E-state index contributed by atoms with van der Waals surface area (Å²) in [6.07, 6.45) is -3.27. The maximum atomic E-state index is 12.7. The highest BCUT2D eigenvalue weighted by molar-refractivity contribution is 6.07. The van der Waals surface area contributed by atoms with Gasteiger partial charge in [0, 0.05) is 11.1 Å². The van der Waals surface area contributed by atoms with Crippen molar-refractivity contribution in [3.8, 4) is 6.07 Å². The van der Waals surface area contributed by atoms with Crippen LogP contribution >= 0.6 is 0 Å². The molecule has 0 unspecified atom stereocenters. The molecule has 0 radical (unpaired) electrons. The number of hydrogen-bond donors (Lipinski definition) is 2. The van der Waals surface area contributed by atoms with E-state index in [0.717, 1.165) is 24.6 Å². The lowest BCUT2D eigenvalue weighted by Crippen LogP contribution is -2.22. The summed E-state index contributed by atoms with van der Waals surface area (Å²) in [5, 5.41) is 21.6. The monoisotopic (exact) mass is 340 g/mol. The van der Waals surface area contributed by atoms with Crippen LogP contribution in [0.1, 0.15) is 39.2 Å². The summed E-state index contributed by atoms with van der Waals surface area (Å²) in [6, 6.07) is 5.69. The van der Waals surface area contributed by atoms with E-state index in [2.05, 4.69) is 5.32 Å². The molecule has 0 aromatic heterocycles. The maximum absolute atomic E-state index is 12.7. The number of aliphatic hydroxyl groups excluding tert-OH is 1. The van der Waals surface area contributed by atoms with Gasteiger partial charge in [-0.05, 0) is 24.6 Å². The van der Waals surface area contributed by atoms with Crippen LogP contribution < -0.4 is 5.32 Å². The van der Waals surface area contributed by atoms with Crippen LogP contribution in [0.25, 0.3) is 0 Å². The number of rotatable bonds is 5. The Bertz CT molecular complexity index is 686. The number of halogens is 3. The quantitative estimate of drug-likeness (QED) is 0.459. The van der Waals surface area contributed by atoms with Crippen molar-refractivity contribution < 1.29 is 23.1 Å². The Hall–Kier alpha value is -2.49. The Balaban J connectivity index is 3.12. The fourth-order valence-corrected chi connectivity index (χ4v) is 2.26. The fraction of sp³-hybridized carbons (Fsp3) is 0.412. The second-order valence-electron chi connectivity index (χ2n) is 6.00. The Morgan fingerprint density at radius 2 is 1.96 bits per heavy atom. The van der Waals surface area contributed by atoms with Gasteiger partial charge in [-0.15, -0.1) is 0 Å². The molecule has 130 valence electrons. The van der Waals surface area contributed by atoms with Gasteiger partial charge in [-0.25, -0.2) is 0 Å². The molecule has 0 saturated carbocycles. The van der Waals surface area contributed by atoms with Crippen LogP contribution in [-0.4, -0.2) is 11.0 Å². The van der Waals surface area contributed by atoms with E-state index in [-0.39, 0.29) is 11.4 Å². The van der Waals surface area contributed by atoms with Gasteiger partial charge >= 0.3 is 6.18 Å². The van der Waals surface area contributed by atoms with Crippen molar-refractivity contribution in [3.63, 3.8) is 0 Å². The van der Waals surface area contributed by atoms with Gasteiger partial charge in [-0.2, -0.15) is 18.4 Å². The number of carbonyl (C=O) groups excluding carboxylic acids is 1. The topological polar surface area (TPSA) is 73.1 Å². The van der Waals surface area contributed by atoms with Crippen LogP contribution in [0.15, 0.2) is 35.6 Å². The molecular formula is C17H19F3N2O2. The fourth-order valence-electron chi connectivity index (χ4n) is 2.26. The van der Waals surface area contributed by atoms with Gasteiger partial charge < -0.3 is 10.4 Å². The first kappa shape index (κ1) is 19.6. The van der Waals surface area contributed by atoms with E-state index in [1.54, 1.807) is 19.9 Å². The smallest absolute Gasteiger partial charge is 0.416 e. The van der Waals surface area contributed by atoms with E-state index in [1.807, 2.05) is 6.92 Å². The number of hydrogen-bond acceptors (Lipinski definition) is 3. The minimum atomic E-state index is -4.54. The van der Waals surface area contributed by atoms with E-state index < -0.39 is 28.6 Å². The summed E-state index contributed by atoms with van der Waals surface area (Å²) in [6.45, 7) is 5.26. The molecule has 0 heterocycles. The molecule has 0 atom stereocenters. The molecule has 2 N–H and O–H groups in total.